The summed E-state index contributed by atoms with van der Waals surface area (Å²) in [5, 5.41) is 0. The van der Waals surface area contributed by atoms with Gasteiger partial charge in [0.15, 0.2) is 5.78 Å². The van der Waals surface area contributed by atoms with Gasteiger partial charge in [0.05, 0.1) is 18.8 Å². The summed E-state index contributed by atoms with van der Waals surface area (Å²) in [4.78, 5) is 18.3. The van der Waals surface area contributed by atoms with Gasteiger partial charge in [-0.15, -0.1) is 0 Å². The van der Waals surface area contributed by atoms with Crippen LogP contribution in [0.2, 0.25) is 0 Å². The Bertz CT molecular complexity index is 823. The van der Waals surface area contributed by atoms with Crippen LogP contribution in [-0.4, -0.2) is 56.6 Å². The minimum absolute atomic E-state index is 0.213. The van der Waals surface area contributed by atoms with Crippen LogP contribution in [0.15, 0.2) is 48.5 Å². The Kier molecular flexibility index (Phi) is 8.28. The van der Waals surface area contributed by atoms with Gasteiger partial charge < -0.3 is 9.64 Å². The van der Waals surface area contributed by atoms with Crippen molar-refractivity contribution in [2.45, 2.75) is 51.5 Å². The van der Waals surface area contributed by atoms with Crippen molar-refractivity contribution in [3.8, 4) is 0 Å². The molecule has 3 rings (SSSR count). The molecule has 0 saturated carbocycles. The molecule has 2 aromatic rings. The minimum Gasteiger partial charge on any atom is -0.378 e. The highest BCUT2D eigenvalue weighted by molar-refractivity contribution is 6.03. The van der Waals surface area contributed by atoms with E-state index in [2.05, 4.69) is 60.0 Å². The number of nitrogens with zero attached hydrogens (tertiary/aromatic N) is 2. The standard InChI is InChI=1S/C27H38N2O2/c1-5-7-22-8-10-23(11-9-22)21-27(16-6-2,28(3)4)26(30)24-12-14-25(15-13-24)29-17-19-31-20-18-29/h8-15H,5-7,16-21H2,1-4H3. The lowest BCUT2D eigenvalue weighted by Gasteiger charge is -2.39. The first-order valence-electron chi connectivity index (χ1n) is 11.7. The summed E-state index contributed by atoms with van der Waals surface area (Å²) in [6.07, 6.45) is 4.77. The van der Waals surface area contributed by atoms with Crippen molar-refractivity contribution >= 4 is 11.5 Å². The molecule has 1 saturated heterocycles. The van der Waals surface area contributed by atoms with E-state index in [0.717, 1.165) is 69.7 Å². The maximum atomic E-state index is 13.9. The molecule has 0 bridgehead atoms. The van der Waals surface area contributed by atoms with Crippen LogP contribution in [0.3, 0.4) is 0 Å². The summed E-state index contributed by atoms with van der Waals surface area (Å²) in [5.74, 6) is 0.213. The Hall–Kier alpha value is -2.17. The molecular weight excluding hydrogens is 384 g/mol. The number of likely N-dealkylation sites (N-methyl/N-ethyl adjacent to an activating group) is 1. The normalized spacial score (nSPS) is 16.4. The van der Waals surface area contributed by atoms with E-state index < -0.39 is 5.54 Å². The number of morpholine rings is 1. The lowest BCUT2D eigenvalue weighted by atomic mass is 9.79. The van der Waals surface area contributed by atoms with Crippen LogP contribution in [0.5, 0.6) is 0 Å². The first-order valence-corrected chi connectivity index (χ1v) is 11.7. The van der Waals surface area contributed by atoms with Gasteiger partial charge in [-0.1, -0.05) is 51.0 Å². The Morgan fingerprint density at radius 3 is 2.10 bits per heavy atom. The zero-order valence-corrected chi connectivity index (χ0v) is 19.7. The molecule has 1 atom stereocenters. The van der Waals surface area contributed by atoms with E-state index in [4.69, 9.17) is 4.74 Å². The van der Waals surface area contributed by atoms with Gasteiger partial charge in [0.25, 0.3) is 0 Å². The predicted octanol–water partition coefficient (Wildman–Crippen LogP) is 5.00. The topological polar surface area (TPSA) is 32.8 Å². The molecule has 0 radical (unpaired) electrons. The highest BCUT2D eigenvalue weighted by Gasteiger charge is 2.40. The lowest BCUT2D eigenvalue weighted by molar-refractivity contribution is 0.0651. The van der Waals surface area contributed by atoms with Gasteiger partial charge in [-0.2, -0.15) is 0 Å². The van der Waals surface area contributed by atoms with Gasteiger partial charge in [-0.3, -0.25) is 9.69 Å². The van der Waals surface area contributed by atoms with Gasteiger partial charge in [0.1, 0.15) is 0 Å². The SMILES string of the molecule is CCCc1ccc(CC(CCC)(C(=O)c2ccc(N3CCOCC3)cc2)N(C)C)cc1. The number of ether oxygens (including phenoxy) is 1. The van der Waals surface area contributed by atoms with Crippen LogP contribution in [0.4, 0.5) is 5.69 Å². The van der Waals surface area contributed by atoms with Crippen LogP contribution in [0.25, 0.3) is 0 Å². The summed E-state index contributed by atoms with van der Waals surface area (Å²) in [6, 6.07) is 17.0. The zero-order valence-electron chi connectivity index (χ0n) is 19.7. The van der Waals surface area contributed by atoms with E-state index in [9.17, 15) is 4.79 Å². The van der Waals surface area contributed by atoms with E-state index >= 15 is 0 Å². The fraction of sp³-hybridized carbons (Fsp3) is 0.519. The van der Waals surface area contributed by atoms with E-state index in [-0.39, 0.29) is 5.78 Å². The van der Waals surface area contributed by atoms with Crippen molar-refractivity contribution in [2.75, 3.05) is 45.3 Å². The number of benzene rings is 2. The second-order valence-corrected chi connectivity index (χ2v) is 8.89. The third-order valence-corrected chi connectivity index (χ3v) is 6.51. The highest BCUT2D eigenvalue weighted by atomic mass is 16.5. The fourth-order valence-corrected chi connectivity index (χ4v) is 4.64. The second kappa shape index (κ2) is 10.9. The smallest absolute Gasteiger partial charge is 0.183 e. The summed E-state index contributed by atoms with van der Waals surface area (Å²) < 4.78 is 5.46. The molecular formula is C27H38N2O2. The van der Waals surface area contributed by atoms with E-state index in [0.29, 0.717) is 0 Å². The number of hydrogen-bond acceptors (Lipinski definition) is 4. The largest absolute Gasteiger partial charge is 0.378 e. The third kappa shape index (κ3) is 5.55. The molecule has 1 heterocycles. The quantitative estimate of drug-likeness (QED) is 0.504. The first-order chi connectivity index (χ1) is 15.0. The lowest BCUT2D eigenvalue weighted by Crippen LogP contribution is -2.53. The summed E-state index contributed by atoms with van der Waals surface area (Å²) >= 11 is 0. The number of hydrogen-bond donors (Lipinski definition) is 0. The molecule has 31 heavy (non-hydrogen) atoms. The maximum absolute atomic E-state index is 13.9. The zero-order chi connectivity index (χ0) is 22.3. The Morgan fingerprint density at radius 2 is 1.55 bits per heavy atom. The van der Waals surface area contributed by atoms with Crippen molar-refractivity contribution in [3.05, 3.63) is 65.2 Å². The Balaban J connectivity index is 1.85. The predicted molar refractivity (Wildman–Crippen MR) is 129 cm³/mol. The van der Waals surface area contributed by atoms with Gasteiger partial charge in [-0.05, 0) is 68.8 Å². The monoisotopic (exact) mass is 422 g/mol. The molecule has 1 fully saturated rings. The van der Waals surface area contributed by atoms with E-state index in [1.807, 2.05) is 26.2 Å². The van der Waals surface area contributed by atoms with Crippen molar-refractivity contribution < 1.29 is 9.53 Å². The van der Waals surface area contributed by atoms with Gasteiger partial charge in [0, 0.05) is 24.3 Å². The third-order valence-electron chi connectivity index (χ3n) is 6.51. The summed E-state index contributed by atoms with van der Waals surface area (Å²) in [6.45, 7) is 7.69. The molecule has 1 aliphatic heterocycles. The summed E-state index contributed by atoms with van der Waals surface area (Å²) in [5.41, 5.74) is 4.00. The van der Waals surface area contributed by atoms with Crippen LogP contribution >= 0.6 is 0 Å². The number of carbonyl (C=O) groups excluding carboxylic acids is 1. The van der Waals surface area contributed by atoms with E-state index in [1.165, 1.54) is 11.1 Å². The minimum atomic E-state index is -0.540. The van der Waals surface area contributed by atoms with Crippen molar-refractivity contribution in [1.82, 2.24) is 4.90 Å². The molecule has 0 aromatic heterocycles. The number of Topliss-reactive ketones (excluding diaryl/α,β-unsaturated/α-hetero) is 1. The second-order valence-electron chi connectivity index (χ2n) is 8.89. The molecule has 4 nitrogen and oxygen atoms in total. The number of ketones is 1. The molecule has 168 valence electrons. The molecule has 1 aliphatic rings. The average Bonchev–Trinajstić information content (AvgIpc) is 2.80. The number of carbonyl (C=O) groups is 1. The summed E-state index contributed by atoms with van der Waals surface area (Å²) in [7, 11) is 4.09. The molecule has 1 unspecified atom stereocenters. The van der Waals surface area contributed by atoms with Crippen LogP contribution < -0.4 is 4.90 Å². The molecule has 0 aliphatic carbocycles. The van der Waals surface area contributed by atoms with Crippen LogP contribution in [-0.2, 0) is 17.6 Å². The Morgan fingerprint density at radius 1 is 0.935 bits per heavy atom. The maximum Gasteiger partial charge on any atom is 0.183 e. The molecule has 0 spiro atoms. The van der Waals surface area contributed by atoms with Gasteiger partial charge in [-0.25, -0.2) is 0 Å². The average molecular weight is 423 g/mol. The highest BCUT2D eigenvalue weighted by Crippen LogP contribution is 2.30. The molecule has 2 aromatic carbocycles. The van der Waals surface area contributed by atoms with Crippen molar-refractivity contribution in [3.63, 3.8) is 0 Å². The van der Waals surface area contributed by atoms with Crippen molar-refractivity contribution in [1.29, 1.82) is 0 Å². The molecule has 0 amide bonds. The van der Waals surface area contributed by atoms with Crippen LogP contribution in [0.1, 0.15) is 54.6 Å². The number of aryl methyl sites for hydroxylation is 1. The molecule has 0 N–H and O–H groups in total. The molecule has 4 heteroatoms. The Labute approximate surface area is 188 Å². The van der Waals surface area contributed by atoms with Gasteiger partial charge >= 0.3 is 0 Å². The van der Waals surface area contributed by atoms with Crippen LogP contribution in [0, 0.1) is 0 Å². The van der Waals surface area contributed by atoms with Gasteiger partial charge in [0.2, 0.25) is 0 Å². The fourth-order valence-electron chi connectivity index (χ4n) is 4.64. The number of anilines is 1. The van der Waals surface area contributed by atoms with Crippen molar-refractivity contribution in [2.24, 2.45) is 0 Å². The van der Waals surface area contributed by atoms with E-state index in [1.54, 1.807) is 0 Å². The number of rotatable bonds is 10. The first kappa shape index (κ1) is 23.5.